The van der Waals surface area contributed by atoms with Crippen molar-refractivity contribution in [2.24, 2.45) is 0 Å². The van der Waals surface area contributed by atoms with Gasteiger partial charge < -0.3 is 20.0 Å². The maximum absolute atomic E-state index is 12.3. The number of hydrogen-bond acceptors (Lipinski definition) is 4. The predicted octanol–water partition coefficient (Wildman–Crippen LogP) is 2.77. The Morgan fingerprint density at radius 3 is 2.69 bits per heavy atom. The molecular formula is C18H19N5O3. The van der Waals surface area contributed by atoms with Crippen molar-refractivity contribution < 1.29 is 9.72 Å². The Balaban J connectivity index is 1.70. The zero-order valence-corrected chi connectivity index (χ0v) is 14.5. The third kappa shape index (κ3) is 3.80. The monoisotopic (exact) mass is 353 g/mol. The fraction of sp³-hybridized carbons (Fsp3) is 0.222. The number of aromatic nitrogens is 3. The second-order valence-electron chi connectivity index (χ2n) is 6.03. The van der Waals surface area contributed by atoms with E-state index in [1.54, 1.807) is 6.92 Å². The summed E-state index contributed by atoms with van der Waals surface area (Å²) in [6.07, 6.45) is 3.89. The van der Waals surface area contributed by atoms with Crippen LogP contribution in [-0.4, -0.2) is 25.2 Å². The number of rotatable bonds is 6. The number of benzene rings is 1. The maximum atomic E-state index is 12.3. The number of nitro groups is 1. The normalized spacial score (nSPS) is 11.9. The van der Waals surface area contributed by atoms with E-state index in [0.717, 1.165) is 15.9 Å². The van der Waals surface area contributed by atoms with Gasteiger partial charge in [-0.25, -0.2) is 0 Å². The fourth-order valence-electron chi connectivity index (χ4n) is 2.76. The summed E-state index contributed by atoms with van der Waals surface area (Å²) < 4.78 is 3.08. The Hall–Kier alpha value is -3.42. The van der Waals surface area contributed by atoms with Crippen LogP contribution in [0.25, 0.3) is 5.69 Å². The minimum atomic E-state index is -0.544. The third-order valence-corrected chi connectivity index (χ3v) is 4.01. The van der Waals surface area contributed by atoms with Crippen LogP contribution in [0.3, 0.4) is 0 Å². The van der Waals surface area contributed by atoms with E-state index in [1.165, 1.54) is 6.07 Å². The molecule has 0 spiro atoms. The van der Waals surface area contributed by atoms with Crippen molar-refractivity contribution >= 4 is 11.7 Å². The van der Waals surface area contributed by atoms with E-state index >= 15 is 0 Å². The molecular weight excluding hydrogens is 334 g/mol. The third-order valence-electron chi connectivity index (χ3n) is 4.01. The van der Waals surface area contributed by atoms with Gasteiger partial charge in [-0.2, -0.15) is 0 Å². The van der Waals surface area contributed by atoms with Gasteiger partial charge in [0.25, 0.3) is 5.91 Å². The summed E-state index contributed by atoms with van der Waals surface area (Å²) in [6, 6.07) is 12.8. The second-order valence-corrected chi connectivity index (χ2v) is 6.03. The topological polar surface area (TPSA) is 95.0 Å². The Kier molecular flexibility index (Phi) is 4.83. The molecule has 1 atom stereocenters. The van der Waals surface area contributed by atoms with Crippen LogP contribution in [0.1, 0.15) is 24.2 Å². The van der Waals surface area contributed by atoms with Crippen molar-refractivity contribution in [2.75, 3.05) is 0 Å². The molecule has 0 radical (unpaired) electrons. The average Bonchev–Trinajstić information content (AvgIpc) is 3.24. The number of carbonyl (C=O) groups excluding carboxylic acids is 1. The van der Waals surface area contributed by atoms with E-state index in [0.29, 0.717) is 5.69 Å². The van der Waals surface area contributed by atoms with Gasteiger partial charge in [0, 0.05) is 18.1 Å². The SMILES string of the molecule is Cc1cc([N+](=O)[O-])n(CC(=O)NC(C)c2cccc(-n3cccc3)c2)n1. The van der Waals surface area contributed by atoms with Crippen LogP contribution in [0.15, 0.2) is 54.9 Å². The van der Waals surface area contributed by atoms with Crippen molar-refractivity contribution in [3.63, 3.8) is 0 Å². The molecule has 0 fully saturated rings. The van der Waals surface area contributed by atoms with E-state index in [-0.39, 0.29) is 24.3 Å². The lowest BCUT2D eigenvalue weighted by Gasteiger charge is -2.15. The molecule has 0 saturated carbocycles. The van der Waals surface area contributed by atoms with E-state index in [1.807, 2.05) is 60.3 Å². The molecule has 1 unspecified atom stereocenters. The van der Waals surface area contributed by atoms with Gasteiger partial charge in [0.1, 0.15) is 0 Å². The summed E-state index contributed by atoms with van der Waals surface area (Å²) in [6.45, 7) is 3.32. The predicted molar refractivity (Wildman–Crippen MR) is 95.9 cm³/mol. The number of hydrogen-bond donors (Lipinski definition) is 1. The summed E-state index contributed by atoms with van der Waals surface area (Å²) in [4.78, 5) is 22.8. The molecule has 3 rings (SSSR count). The van der Waals surface area contributed by atoms with Crippen molar-refractivity contribution in [3.8, 4) is 5.69 Å². The van der Waals surface area contributed by atoms with Gasteiger partial charge in [0.05, 0.1) is 17.8 Å². The largest absolute Gasteiger partial charge is 0.358 e. The van der Waals surface area contributed by atoms with Crippen LogP contribution in [0.5, 0.6) is 0 Å². The van der Waals surface area contributed by atoms with E-state index in [4.69, 9.17) is 0 Å². The maximum Gasteiger partial charge on any atom is 0.345 e. The van der Waals surface area contributed by atoms with Crippen LogP contribution >= 0.6 is 0 Å². The molecule has 8 heteroatoms. The Morgan fingerprint density at radius 1 is 1.27 bits per heavy atom. The molecule has 0 aliphatic carbocycles. The summed E-state index contributed by atoms with van der Waals surface area (Å²) in [5, 5.41) is 17.9. The Morgan fingerprint density at radius 2 is 2.00 bits per heavy atom. The minimum Gasteiger partial charge on any atom is -0.358 e. The first kappa shape index (κ1) is 17.4. The highest BCUT2D eigenvalue weighted by molar-refractivity contribution is 5.76. The molecule has 2 heterocycles. The molecule has 0 aliphatic heterocycles. The molecule has 134 valence electrons. The quantitative estimate of drug-likeness (QED) is 0.544. The molecule has 1 amide bonds. The minimum absolute atomic E-state index is 0.195. The van der Waals surface area contributed by atoms with Crippen LogP contribution in [0.2, 0.25) is 0 Å². The van der Waals surface area contributed by atoms with Crippen molar-refractivity contribution in [3.05, 3.63) is 76.2 Å². The highest BCUT2D eigenvalue weighted by atomic mass is 16.6. The Bertz CT molecular complexity index is 930. The zero-order chi connectivity index (χ0) is 18.7. The molecule has 1 N–H and O–H groups in total. The van der Waals surface area contributed by atoms with Gasteiger partial charge in [-0.3, -0.25) is 4.79 Å². The molecule has 1 aromatic carbocycles. The lowest BCUT2D eigenvalue weighted by atomic mass is 10.1. The zero-order valence-electron chi connectivity index (χ0n) is 14.5. The standard InChI is InChI=1S/C18H19N5O3/c1-13-10-18(23(25)26)22(20-13)12-17(24)19-14(2)15-6-5-7-16(11-15)21-8-3-4-9-21/h3-11,14H,12H2,1-2H3,(H,19,24). The highest BCUT2D eigenvalue weighted by Crippen LogP contribution is 2.18. The van der Waals surface area contributed by atoms with Crippen LogP contribution in [-0.2, 0) is 11.3 Å². The summed E-state index contributed by atoms with van der Waals surface area (Å²) in [5.41, 5.74) is 2.43. The van der Waals surface area contributed by atoms with Gasteiger partial charge >= 0.3 is 5.82 Å². The van der Waals surface area contributed by atoms with E-state index < -0.39 is 4.92 Å². The fourth-order valence-corrected chi connectivity index (χ4v) is 2.76. The molecule has 0 saturated heterocycles. The number of nitrogens with zero attached hydrogens (tertiary/aromatic N) is 4. The summed E-state index contributed by atoms with van der Waals surface area (Å²) in [5.74, 6) is -0.532. The Labute approximate surface area is 150 Å². The number of aryl methyl sites for hydroxylation is 1. The first-order valence-corrected chi connectivity index (χ1v) is 8.15. The molecule has 0 aliphatic rings. The van der Waals surface area contributed by atoms with E-state index in [2.05, 4.69) is 10.4 Å². The first-order chi connectivity index (χ1) is 12.4. The van der Waals surface area contributed by atoms with Gasteiger partial charge in [-0.05, 0) is 48.6 Å². The van der Waals surface area contributed by atoms with Crippen molar-refractivity contribution in [1.29, 1.82) is 0 Å². The molecule has 2 aromatic heterocycles. The smallest absolute Gasteiger partial charge is 0.345 e. The van der Waals surface area contributed by atoms with Gasteiger partial charge in [0.15, 0.2) is 6.54 Å². The first-order valence-electron chi connectivity index (χ1n) is 8.15. The van der Waals surface area contributed by atoms with Crippen molar-refractivity contribution in [2.45, 2.75) is 26.4 Å². The van der Waals surface area contributed by atoms with Crippen LogP contribution in [0.4, 0.5) is 5.82 Å². The summed E-state index contributed by atoms with van der Waals surface area (Å²) >= 11 is 0. The van der Waals surface area contributed by atoms with E-state index in [9.17, 15) is 14.9 Å². The lowest BCUT2D eigenvalue weighted by molar-refractivity contribution is -0.392. The molecule has 0 bridgehead atoms. The number of amides is 1. The van der Waals surface area contributed by atoms with Gasteiger partial charge in [-0.15, -0.1) is 4.68 Å². The highest BCUT2D eigenvalue weighted by Gasteiger charge is 2.20. The lowest BCUT2D eigenvalue weighted by Crippen LogP contribution is -2.30. The van der Waals surface area contributed by atoms with Crippen molar-refractivity contribution in [1.82, 2.24) is 19.7 Å². The van der Waals surface area contributed by atoms with Gasteiger partial charge in [0.2, 0.25) is 0 Å². The number of nitrogens with one attached hydrogen (secondary N) is 1. The second kappa shape index (κ2) is 7.22. The average molecular weight is 353 g/mol. The number of carbonyl (C=O) groups is 1. The van der Waals surface area contributed by atoms with Gasteiger partial charge in [-0.1, -0.05) is 17.2 Å². The molecule has 8 nitrogen and oxygen atoms in total. The summed E-state index contributed by atoms with van der Waals surface area (Å²) in [7, 11) is 0. The van der Waals surface area contributed by atoms with Crippen LogP contribution < -0.4 is 5.32 Å². The molecule has 3 aromatic rings. The van der Waals surface area contributed by atoms with Crippen LogP contribution in [0, 0.1) is 17.0 Å². The molecule has 26 heavy (non-hydrogen) atoms.